The molecular weight excluding hydrogens is 184 g/mol. The molecule has 1 unspecified atom stereocenters. The molecule has 0 fully saturated rings. The van der Waals surface area contributed by atoms with Crippen LogP contribution in [0.15, 0.2) is 12.1 Å². The predicted molar refractivity (Wildman–Crippen MR) is 54.1 cm³/mol. The summed E-state index contributed by atoms with van der Waals surface area (Å²) in [7, 11) is 1.58. The Morgan fingerprint density at radius 2 is 2.31 bits per heavy atom. The maximum Gasteiger partial charge on any atom is 0.166 e. The average molecular weight is 198 g/mol. The highest BCUT2D eigenvalue weighted by atomic mass is 32.1. The van der Waals surface area contributed by atoms with Crippen molar-refractivity contribution in [2.75, 3.05) is 7.11 Å². The molecular formula is C10H14O2S. The van der Waals surface area contributed by atoms with E-state index in [2.05, 4.69) is 0 Å². The Kier molecular flexibility index (Phi) is 3.63. The van der Waals surface area contributed by atoms with Gasteiger partial charge in [0.2, 0.25) is 0 Å². The van der Waals surface area contributed by atoms with Crippen LogP contribution in [0.1, 0.15) is 29.2 Å². The third-order valence-corrected chi connectivity index (χ3v) is 2.94. The lowest BCUT2D eigenvalue weighted by atomic mass is 10.1. The van der Waals surface area contributed by atoms with Crippen LogP contribution in [0, 0.1) is 6.92 Å². The number of Topliss-reactive ketones (excluding diaryl/α,β-unsaturated/α-hetero) is 1. The molecule has 1 atom stereocenters. The lowest BCUT2D eigenvalue weighted by Gasteiger charge is -2.10. The van der Waals surface area contributed by atoms with Crippen LogP contribution in [-0.2, 0) is 9.53 Å². The summed E-state index contributed by atoms with van der Waals surface area (Å²) in [6.07, 6.45) is 0.166. The molecule has 0 aromatic carbocycles. The van der Waals surface area contributed by atoms with Crippen molar-refractivity contribution in [3.63, 3.8) is 0 Å². The van der Waals surface area contributed by atoms with Crippen molar-refractivity contribution in [3.8, 4) is 0 Å². The number of hydrogen-bond donors (Lipinski definition) is 0. The van der Waals surface area contributed by atoms with Crippen LogP contribution in [0.2, 0.25) is 0 Å². The van der Waals surface area contributed by atoms with Crippen molar-refractivity contribution in [3.05, 3.63) is 21.9 Å². The standard InChI is InChI=1S/C10H14O2S/c1-4-8(11)10(12-3)9-6-5-7(2)13-9/h5-6,10H,4H2,1-3H3. The maximum atomic E-state index is 11.4. The van der Waals surface area contributed by atoms with Crippen LogP contribution in [0.5, 0.6) is 0 Å². The van der Waals surface area contributed by atoms with E-state index in [-0.39, 0.29) is 11.9 Å². The van der Waals surface area contributed by atoms with E-state index in [1.165, 1.54) is 4.88 Å². The van der Waals surface area contributed by atoms with Gasteiger partial charge in [-0.3, -0.25) is 4.79 Å². The predicted octanol–water partition coefficient (Wildman–Crippen LogP) is 2.72. The minimum atomic E-state index is -0.358. The van der Waals surface area contributed by atoms with Gasteiger partial charge in [0.05, 0.1) is 0 Å². The first-order valence-corrected chi connectivity index (χ1v) is 5.12. The van der Waals surface area contributed by atoms with Gasteiger partial charge in [0.1, 0.15) is 6.10 Å². The second-order valence-corrected chi connectivity index (χ2v) is 4.20. The third-order valence-electron chi connectivity index (χ3n) is 1.90. The monoisotopic (exact) mass is 198 g/mol. The third kappa shape index (κ3) is 2.39. The molecule has 0 N–H and O–H groups in total. The Bertz CT molecular complexity index is 291. The summed E-state index contributed by atoms with van der Waals surface area (Å²) in [5.74, 6) is 0.143. The van der Waals surface area contributed by atoms with Crippen LogP contribution in [-0.4, -0.2) is 12.9 Å². The van der Waals surface area contributed by atoms with Gasteiger partial charge in [-0.2, -0.15) is 0 Å². The zero-order valence-corrected chi connectivity index (χ0v) is 8.98. The number of methoxy groups -OCH3 is 1. The Hall–Kier alpha value is -0.670. The lowest BCUT2D eigenvalue weighted by Crippen LogP contribution is -2.11. The average Bonchev–Trinajstić information content (AvgIpc) is 2.53. The Morgan fingerprint density at radius 3 is 2.69 bits per heavy atom. The highest BCUT2D eigenvalue weighted by Gasteiger charge is 2.19. The lowest BCUT2D eigenvalue weighted by molar-refractivity contribution is -0.128. The van der Waals surface area contributed by atoms with E-state index in [0.717, 1.165) is 4.88 Å². The van der Waals surface area contributed by atoms with E-state index in [0.29, 0.717) is 6.42 Å². The molecule has 0 aliphatic heterocycles. The molecule has 1 aromatic rings. The van der Waals surface area contributed by atoms with Crippen molar-refractivity contribution in [2.24, 2.45) is 0 Å². The molecule has 0 amide bonds. The first kappa shape index (κ1) is 10.4. The number of hydrogen-bond acceptors (Lipinski definition) is 3. The minimum absolute atomic E-state index is 0.143. The minimum Gasteiger partial charge on any atom is -0.368 e. The first-order chi connectivity index (χ1) is 6.19. The van der Waals surface area contributed by atoms with Gasteiger partial charge in [-0.05, 0) is 19.1 Å². The molecule has 13 heavy (non-hydrogen) atoms. The summed E-state index contributed by atoms with van der Waals surface area (Å²) in [6.45, 7) is 3.88. The Balaban J connectivity index is 2.84. The van der Waals surface area contributed by atoms with E-state index >= 15 is 0 Å². The largest absolute Gasteiger partial charge is 0.368 e. The number of ketones is 1. The molecule has 0 aliphatic rings. The van der Waals surface area contributed by atoms with E-state index in [1.807, 2.05) is 26.0 Å². The zero-order valence-electron chi connectivity index (χ0n) is 8.16. The topological polar surface area (TPSA) is 26.3 Å². The van der Waals surface area contributed by atoms with E-state index in [4.69, 9.17) is 4.74 Å². The first-order valence-electron chi connectivity index (χ1n) is 4.31. The molecule has 0 bridgehead atoms. The smallest absolute Gasteiger partial charge is 0.166 e. The molecule has 0 radical (unpaired) electrons. The van der Waals surface area contributed by atoms with E-state index < -0.39 is 0 Å². The van der Waals surface area contributed by atoms with Crippen molar-refractivity contribution in [1.29, 1.82) is 0 Å². The molecule has 1 rings (SSSR count). The Morgan fingerprint density at radius 1 is 1.62 bits per heavy atom. The molecule has 1 aromatic heterocycles. The van der Waals surface area contributed by atoms with Crippen LogP contribution in [0.3, 0.4) is 0 Å². The molecule has 72 valence electrons. The van der Waals surface area contributed by atoms with Crippen LogP contribution in [0.25, 0.3) is 0 Å². The molecule has 0 saturated heterocycles. The molecule has 0 spiro atoms. The fourth-order valence-corrected chi connectivity index (χ4v) is 2.16. The van der Waals surface area contributed by atoms with Gasteiger partial charge < -0.3 is 4.74 Å². The van der Waals surface area contributed by atoms with Crippen molar-refractivity contribution < 1.29 is 9.53 Å². The number of rotatable bonds is 4. The van der Waals surface area contributed by atoms with Gasteiger partial charge in [-0.15, -0.1) is 11.3 Å². The summed E-state index contributed by atoms with van der Waals surface area (Å²) in [5.41, 5.74) is 0. The normalized spacial score (nSPS) is 12.8. The van der Waals surface area contributed by atoms with Gasteiger partial charge >= 0.3 is 0 Å². The second kappa shape index (κ2) is 4.53. The quantitative estimate of drug-likeness (QED) is 0.743. The fraction of sp³-hybridized carbons (Fsp3) is 0.500. The van der Waals surface area contributed by atoms with Gasteiger partial charge in [-0.25, -0.2) is 0 Å². The second-order valence-electron chi connectivity index (χ2n) is 2.88. The highest BCUT2D eigenvalue weighted by Crippen LogP contribution is 2.26. The molecule has 0 aliphatic carbocycles. The molecule has 0 saturated carbocycles. The summed E-state index contributed by atoms with van der Waals surface area (Å²) < 4.78 is 5.16. The van der Waals surface area contributed by atoms with E-state index in [1.54, 1.807) is 18.4 Å². The van der Waals surface area contributed by atoms with Crippen molar-refractivity contribution >= 4 is 17.1 Å². The van der Waals surface area contributed by atoms with Crippen LogP contribution < -0.4 is 0 Å². The SMILES string of the molecule is CCC(=O)C(OC)c1ccc(C)s1. The number of carbonyl (C=O) groups excluding carboxylic acids is 1. The fourth-order valence-electron chi connectivity index (χ4n) is 1.19. The summed E-state index contributed by atoms with van der Waals surface area (Å²) in [4.78, 5) is 13.6. The summed E-state index contributed by atoms with van der Waals surface area (Å²) >= 11 is 1.62. The van der Waals surface area contributed by atoms with Crippen LogP contribution in [0.4, 0.5) is 0 Å². The van der Waals surface area contributed by atoms with Gasteiger partial charge in [0.25, 0.3) is 0 Å². The number of aryl methyl sites for hydroxylation is 1. The summed E-state index contributed by atoms with van der Waals surface area (Å²) in [5, 5.41) is 0. The summed E-state index contributed by atoms with van der Waals surface area (Å²) in [6, 6.07) is 3.97. The molecule has 3 heteroatoms. The zero-order chi connectivity index (χ0) is 9.84. The van der Waals surface area contributed by atoms with Crippen molar-refractivity contribution in [2.45, 2.75) is 26.4 Å². The number of thiophene rings is 1. The van der Waals surface area contributed by atoms with E-state index in [9.17, 15) is 4.79 Å². The highest BCUT2D eigenvalue weighted by molar-refractivity contribution is 7.12. The molecule has 1 heterocycles. The van der Waals surface area contributed by atoms with Gasteiger partial charge in [0, 0.05) is 23.3 Å². The number of carbonyl (C=O) groups is 1. The molecule has 2 nitrogen and oxygen atoms in total. The van der Waals surface area contributed by atoms with Gasteiger partial charge in [-0.1, -0.05) is 6.92 Å². The van der Waals surface area contributed by atoms with Crippen molar-refractivity contribution in [1.82, 2.24) is 0 Å². The number of ether oxygens (including phenoxy) is 1. The van der Waals surface area contributed by atoms with Crippen LogP contribution >= 0.6 is 11.3 Å². The maximum absolute atomic E-state index is 11.4. The Labute approximate surface area is 82.5 Å². The van der Waals surface area contributed by atoms with Gasteiger partial charge in [0.15, 0.2) is 5.78 Å².